The van der Waals surface area contributed by atoms with Gasteiger partial charge in [-0.15, -0.1) is 0 Å². The summed E-state index contributed by atoms with van der Waals surface area (Å²) in [6.45, 7) is 4.63. The number of hydrogen-bond acceptors (Lipinski definition) is 3. The molecule has 0 amide bonds. The van der Waals surface area contributed by atoms with Crippen LogP contribution in [-0.4, -0.2) is 34.9 Å². The van der Waals surface area contributed by atoms with E-state index in [-0.39, 0.29) is 16.2 Å². The molecular weight excluding hydrogens is 274 g/mol. The summed E-state index contributed by atoms with van der Waals surface area (Å²) in [6, 6.07) is 0.0491. The zero-order chi connectivity index (χ0) is 13.5. The fourth-order valence-corrected chi connectivity index (χ4v) is 4.63. The van der Waals surface area contributed by atoms with Crippen LogP contribution in [0.1, 0.15) is 26.7 Å². The smallest absolute Gasteiger partial charge is 0.263 e. The van der Waals surface area contributed by atoms with Gasteiger partial charge in [0, 0.05) is 19.6 Å². The maximum absolute atomic E-state index is 12.5. The molecule has 2 rings (SSSR count). The maximum Gasteiger partial charge on any atom is 0.263 e. The molecule has 0 N–H and O–H groups in total. The van der Waals surface area contributed by atoms with Gasteiger partial charge in [0.05, 0.1) is 6.33 Å². The van der Waals surface area contributed by atoms with E-state index in [1.807, 2.05) is 13.8 Å². The van der Waals surface area contributed by atoms with E-state index in [1.54, 1.807) is 11.4 Å². The quantitative estimate of drug-likeness (QED) is 0.854. The number of halogens is 1. The highest BCUT2D eigenvalue weighted by molar-refractivity contribution is 7.89. The van der Waals surface area contributed by atoms with Gasteiger partial charge in [-0.25, -0.2) is 13.4 Å². The van der Waals surface area contributed by atoms with Gasteiger partial charge in [-0.3, -0.25) is 0 Å². The third kappa shape index (κ3) is 2.17. The van der Waals surface area contributed by atoms with E-state index >= 15 is 0 Å². The number of sulfonamides is 1. The summed E-state index contributed by atoms with van der Waals surface area (Å²) < 4.78 is 28.2. The Kier molecular flexibility index (Phi) is 3.71. The van der Waals surface area contributed by atoms with Crippen LogP contribution in [0, 0.1) is 5.92 Å². The van der Waals surface area contributed by atoms with Crippen molar-refractivity contribution in [2.75, 3.05) is 6.54 Å². The second-order valence-electron chi connectivity index (χ2n) is 5.02. The van der Waals surface area contributed by atoms with Crippen LogP contribution in [0.2, 0.25) is 5.15 Å². The summed E-state index contributed by atoms with van der Waals surface area (Å²) in [4.78, 5) is 3.93. The molecule has 18 heavy (non-hydrogen) atoms. The minimum atomic E-state index is -3.57. The molecule has 0 aromatic carbocycles. The molecule has 1 fully saturated rings. The minimum absolute atomic E-state index is 0.0285. The topological polar surface area (TPSA) is 55.2 Å². The first-order valence-corrected chi connectivity index (χ1v) is 7.86. The Hall–Kier alpha value is -0.590. The lowest BCUT2D eigenvalue weighted by atomic mass is 10.0. The average molecular weight is 292 g/mol. The first kappa shape index (κ1) is 13.8. The molecule has 0 radical (unpaired) electrons. The Morgan fingerprint density at radius 1 is 1.50 bits per heavy atom. The first-order chi connectivity index (χ1) is 8.35. The number of aryl methyl sites for hydroxylation is 1. The molecule has 7 heteroatoms. The Morgan fingerprint density at radius 2 is 2.17 bits per heavy atom. The number of aromatic nitrogens is 2. The summed E-state index contributed by atoms with van der Waals surface area (Å²) in [5, 5.41) is 0.142. The lowest BCUT2D eigenvalue weighted by Gasteiger charge is -2.26. The lowest BCUT2D eigenvalue weighted by molar-refractivity contribution is 0.315. The molecule has 0 bridgehead atoms. The summed E-state index contributed by atoms with van der Waals surface area (Å²) >= 11 is 5.99. The van der Waals surface area contributed by atoms with Crippen molar-refractivity contribution in [3.05, 3.63) is 11.5 Å². The van der Waals surface area contributed by atoms with Gasteiger partial charge in [0.25, 0.3) is 10.0 Å². The molecule has 1 unspecified atom stereocenters. The van der Waals surface area contributed by atoms with Crippen molar-refractivity contribution >= 4 is 21.6 Å². The normalized spacial score (nSPS) is 21.9. The predicted octanol–water partition coefficient (Wildman–Crippen LogP) is 1.88. The number of nitrogens with zero attached hydrogens (tertiary/aromatic N) is 3. The molecule has 1 saturated heterocycles. The summed E-state index contributed by atoms with van der Waals surface area (Å²) in [5.74, 6) is 0.296. The van der Waals surface area contributed by atoms with E-state index in [9.17, 15) is 8.42 Å². The molecule has 5 nitrogen and oxygen atoms in total. The molecule has 0 aliphatic carbocycles. The molecule has 1 aromatic rings. The highest BCUT2D eigenvalue weighted by atomic mass is 35.5. The summed E-state index contributed by atoms with van der Waals surface area (Å²) in [7, 11) is -1.89. The Balaban J connectivity index is 2.40. The maximum atomic E-state index is 12.5. The van der Waals surface area contributed by atoms with Crippen molar-refractivity contribution in [1.82, 2.24) is 13.9 Å². The molecule has 0 saturated carbocycles. The molecule has 1 aliphatic rings. The van der Waals surface area contributed by atoms with Crippen LogP contribution in [0.15, 0.2) is 11.4 Å². The third-order valence-electron chi connectivity index (χ3n) is 3.41. The van der Waals surface area contributed by atoms with Crippen LogP contribution in [0.25, 0.3) is 0 Å². The fourth-order valence-electron chi connectivity index (χ4n) is 2.41. The number of hydrogen-bond donors (Lipinski definition) is 0. The van der Waals surface area contributed by atoms with E-state index < -0.39 is 10.0 Å². The van der Waals surface area contributed by atoms with Gasteiger partial charge >= 0.3 is 0 Å². The van der Waals surface area contributed by atoms with Gasteiger partial charge in [0.2, 0.25) is 5.03 Å². The van der Waals surface area contributed by atoms with Gasteiger partial charge in [-0.1, -0.05) is 25.4 Å². The molecule has 2 heterocycles. The van der Waals surface area contributed by atoms with E-state index in [0.717, 1.165) is 12.8 Å². The average Bonchev–Trinajstić information content (AvgIpc) is 2.87. The van der Waals surface area contributed by atoms with E-state index in [4.69, 9.17) is 11.6 Å². The third-order valence-corrected chi connectivity index (χ3v) is 5.82. The number of rotatable bonds is 3. The van der Waals surface area contributed by atoms with Crippen LogP contribution in [0.3, 0.4) is 0 Å². The standard InChI is InChI=1S/C11H18ClN3O2S/c1-8(2)9-5-4-6-15(9)18(16,17)11-10(12)14(3)7-13-11/h7-9H,4-6H2,1-3H3. The van der Waals surface area contributed by atoms with E-state index in [0.29, 0.717) is 12.5 Å². The van der Waals surface area contributed by atoms with Gasteiger partial charge in [0.1, 0.15) is 5.15 Å². The second kappa shape index (κ2) is 4.83. The van der Waals surface area contributed by atoms with Crippen LogP contribution in [0.4, 0.5) is 0 Å². The molecule has 102 valence electrons. The van der Waals surface area contributed by atoms with Gasteiger partial charge in [-0.2, -0.15) is 4.31 Å². The van der Waals surface area contributed by atoms with Crippen molar-refractivity contribution in [2.45, 2.75) is 37.8 Å². The van der Waals surface area contributed by atoms with E-state index in [1.165, 1.54) is 10.9 Å². The monoisotopic (exact) mass is 291 g/mol. The molecule has 1 atom stereocenters. The van der Waals surface area contributed by atoms with Crippen molar-refractivity contribution in [3.63, 3.8) is 0 Å². The SMILES string of the molecule is CC(C)C1CCCN1S(=O)(=O)c1ncn(C)c1Cl. The Bertz CT molecular complexity index is 538. The van der Waals surface area contributed by atoms with Crippen molar-refractivity contribution < 1.29 is 8.42 Å². The van der Waals surface area contributed by atoms with Crippen LogP contribution in [0.5, 0.6) is 0 Å². The summed E-state index contributed by atoms with van der Waals surface area (Å²) in [6.07, 6.45) is 3.23. The highest BCUT2D eigenvalue weighted by Crippen LogP contribution is 2.31. The number of imidazole rings is 1. The van der Waals surface area contributed by atoms with Crippen LogP contribution < -0.4 is 0 Å². The highest BCUT2D eigenvalue weighted by Gasteiger charge is 2.39. The summed E-state index contributed by atoms with van der Waals surface area (Å²) in [5.41, 5.74) is 0. The van der Waals surface area contributed by atoms with Crippen molar-refractivity contribution in [1.29, 1.82) is 0 Å². The first-order valence-electron chi connectivity index (χ1n) is 6.04. The molecule has 1 aromatic heterocycles. The lowest BCUT2D eigenvalue weighted by Crippen LogP contribution is -2.38. The van der Waals surface area contributed by atoms with Crippen LogP contribution in [-0.2, 0) is 17.1 Å². The Morgan fingerprint density at radius 3 is 2.67 bits per heavy atom. The molecular formula is C11H18ClN3O2S. The van der Waals surface area contributed by atoms with Gasteiger partial charge in [0.15, 0.2) is 0 Å². The minimum Gasteiger partial charge on any atom is -0.324 e. The zero-order valence-electron chi connectivity index (χ0n) is 10.8. The largest absolute Gasteiger partial charge is 0.324 e. The van der Waals surface area contributed by atoms with E-state index in [2.05, 4.69) is 4.98 Å². The second-order valence-corrected chi connectivity index (χ2v) is 7.18. The zero-order valence-corrected chi connectivity index (χ0v) is 12.4. The predicted molar refractivity (Wildman–Crippen MR) is 70.0 cm³/mol. The van der Waals surface area contributed by atoms with Crippen LogP contribution >= 0.6 is 11.6 Å². The van der Waals surface area contributed by atoms with Crippen molar-refractivity contribution in [3.8, 4) is 0 Å². The van der Waals surface area contributed by atoms with Gasteiger partial charge < -0.3 is 4.57 Å². The van der Waals surface area contributed by atoms with Crippen molar-refractivity contribution in [2.24, 2.45) is 13.0 Å². The molecule has 0 spiro atoms. The Labute approximate surface area is 113 Å². The fraction of sp³-hybridized carbons (Fsp3) is 0.727. The molecule has 1 aliphatic heterocycles. The van der Waals surface area contributed by atoms with Gasteiger partial charge in [-0.05, 0) is 18.8 Å².